The van der Waals surface area contributed by atoms with E-state index in [2.05, 4.69) is 14.5 Å². The average molecular weight is 391 g/mol. The SMILES string of the molecule is OCCCSN(Cc1ccc(-c2nnc(C(F)F)o2)cc1)c1ccccc1. The van der Waals surface area contributed by atoms with Crippen LogP contribution in [0.25, 0.3) is 11.5 Å². The Morgan fingerprint density at radius 1 is 1.04 bits per heavy atom. The van der Waals surface area contributed by atoms with Crippen LogP contribution in [-0.2, 0) is 6.54 Å². The summed E-state index contributed by atoms with van der Waals surface area (Å²) < 4.78 is 32.3. The first kappa shape index (κ1) is 19.3. The molecule has 0 atom stereocenters. The average Bonchev–Trinajstić information content (AvgIpc) is 3.19. The van der Waals surface area contributed by atoms with Crippen LogP contribution in [0.5, 0.6) is 0 Å². The van der Waals surface area contributed by atoms with E-state index in [1.165, 1.54) is 0 Å². The fraction of sp³-hybridized carbons (Fsp3) is 0.263. The van der Waals surface area contributed by atoms with Crippen molar-refractivity contribution >= 4 is 17.6 Å². The van der Waals surface area contributed by atoms with Gasteiger partial charge in [-0.05, 0) is 48.2 Å². The maximum atomic E-state index is 12.6. The maximum Gasteiger partial charge on any atom is 0.314 e. The Hall–Kier alpha value is -2.45. The molecular weight excluding hydrogens is 372 g/mol. The van der Waals surface area contributed by atoms with E-state index >= 15 is 0 Å². The van der Waals surface area contributed by atoms with Crippen LogP contribution in [0.1, 0.15) is 24.3 Å². The number of aliphatic hydroxyl groups excluding tert-OH is 1. The van der Waals surface area contributed by atoms with Gasteiger partial charge in [-0.15, -0.1) is 10.2 Å². The minimum absolute atomic E-state index is 0.0779. The molecule has 0 radical (unpaired) electrons. The van der Waals surface area contributed by atoms with Gasteiger partial charge in [0.2, 0.25) is 5.89 Å². The molecule has 0 aliphatic carbocycles. The highest BCUT2D eigenvalue weighted by Gasteiger charge is 2.17. The van der Waals surface area contributed by atoms with E-state index in [0.717, 1.165) is 23.4 Å². The fourth-order valence-electron chi connectivity index (χ4n) is 2.40. The molecule has 142 valence electrons. The van der Waals surface area contributed by atoms with Gasteiger partial charge in [0, 0.05) is 23.6 Å². The number of aliphatic hydroxyl groups is 1. The molecule has 3 rings (SSSR count). The molecule has 2 aromatic carbocycles. The summed E-state index contributed by atoms with van der Waals surface area (Å²) in [7, 11) is 0. The van der Waals surface area contributed by atoms with E-state index in [1.807, 2.05) is 42.5 Å². The molecule has 1 heterocycles. The number of rotatable bonds is 9. The normalized spacial score (nSPS) is 11.1. The molecule has 0 saturated heterocycles. The Morgan fingerprint density at radius 2 is 1.78 bits per heavy atom. The number of aromatic nitrogens is 2. The van der Waals surface area contributed by atoms with Crippen molar-refractivity contribution in [2.24, 2.45) is 0 Å². The fourth-order valence-corrected chi connectivity index (χ4v) is 3.39. The van der Waals surface area contributed by atoms with Crippen molar-refractivity contribution in [3.63, 3.8) is 0 Å². The molecule has 3 aromatic rings. The summed E-state index contributed by atoms with van der Waals surface area (Å²) in [6, 6.07) is 17.4. The zero-order valence-corrected chi connectivity index (χ0v) is 15.3. The summed E-state index contributed by atoms with van der Waals surface area (Å²) in [6.07, 6.45) is -2.06. The Labute approximate surface area is 160 Å². The van der Waals surface area contributed by atoms with Crippen LogP contribution >= 0.6 is 11.9 Å². The predicted molar refractivity (Wildman–Crippen MR) is 101 cm³/mol. The third kappa shape index (κ3) is 5.27. The summed E-state index contributed by atoms with van der Waals surface area (Å²) >= 11 is 1.65. The lowest BCUT2D eigenvalue weighted by atomic mass is 10.1. The van der Waals surface area contributed by atoms with Gasteiger partial charge in [0.1, 0.15) is 0 Å². The Kier molecular flexibility index (Phi) is 6.78. The minimum atomic E-state index is -2.78. The van der Waals surface area contributed by atoms with Crippen molar-refractivity contribution in [1.82, 2.24) is 10.2 Å². The second-order valence-electron chi connectivity index (χ2n) is 5.73. The molecular formula is C19H19F2N3O2S. The summed E-state index contributed by atoms with van der Waals surface area (Å²) in [5.41, 5.74) is 2.72. The quantitative estimate of drug-likeness (QED) is 0.421. The number of anilines is 1. The van der Waals surface area contributed by atoms with E-state index in [1.54, 1.807) is 24.1 Å². The molecule has 1 aromatic heterocycles. The smallest absolute Gasteiger partial charge is 0.314 e. The summed E-state index contributed by atoms with van der Waals surface area (Å²) in [6.45, 7) is 0.821. The third-order valence-electron chi connectivity index (χ3n) is 3.75. The molecule has 0 aliphatic heterocycles. The maximum absolute atomic E-state index is 12.6. The van der Waals surface area contributed by atoms with Crippen LogP contribution in [0.3, 0.4) is 0 Å². The van der Waals surface area contributed by atoms with Gasteiger partial charge in [0.15, 0.2) is 0 Å². The number of para-hydroxylation sites is 1. The first-order chi connectivity index (χ1) is 13.2. The Bertz CT molecular complexity index is 828. The van der Waals surface area contributed by atoms with Crippen molar-refractivity contribution in [3.8, 4) is 11.5 Å². The highest BCUT2D eigenvalue weighted by atomic mass is 32.2. The molecule has 5 nitrogen and oxygen atoms in total. The number of hydrogen-bond donors (Lipinski definition) is 1. The zero-order chi connectivity index (χ0) is 19.1. The predicted octanol–water partition coefficient (Wildman–Crippen LogP) is 4.71. The zero-order valence-electron chi connectivity index (χ0n) is 14.5. The summed E-state index contributed by atoms with van der Waals surface area (Å²) in [4.78, 5) is 0. The van der Waals surface area contributed by atoms with Crippen molar-refractivity contribution in [2.45, 2.75) is 19.4 Å². The first-order valence-electron chi connectivity index (χ1n) is 8.44. The number of alkyl halides is 2. The van der Waals surface area contributed by atoms with Crippen molar-refractivity contribution in [2.75, 3.05) is 16.7 Å². The van der Waals surface area contributed by atoms with Gasteiger partial charge in [0.25, 0.3) is 5.89 Å². The summed E-state index contributed by atoms with van der Waals surface area (Å²) in [5.74, 6) is 0.209. The van der Waals surface area contributed by atoms with Gasteiger partial charge < -0.3 is 13.8 Å². The summed E-state index contributed by atoms with van der Waals surface area (Å²) in [5, 5.41) is 16.0. The molecule has 0 spiro atoms. The Morgan fingerprint density at radius 3 is 2.41 bits per heavy atom. The van der Waals surface area contributed by atoms with E-state index in [9.17, 15) is 8.78 Å². The molecule has 8 heteroatoms. The monoisotopic (exact) mass is 391 g/mol. The molecule has 0 fully saturated rings. The van der Waals surface area contributed by atoms with Crippen LogP contribution in [0.2, 0.25) is 0 Å². The van der Waals surface area contributed by atoms with Crippen LogP contribution in [-0.4, -0.2) is 27.7 Å². The van der Waals surface area contributed by atoms with Crippen molar-refractivity contribution < 1.29 is 18.3 Å². The van der Waals surface area contributed by atoms with Crippen LogP contribution in [0.4, 0.5) is 14.5 Å². The van der Waals surface area contributed by atoms with Gasteiger partial charge in [-0.2, -0.15) is 8.78 Å². The molecule has 27 heavy (non-hydrogen) atoms. The largest absolute Gasteiger partial charge is 0.415 e. The van der Waals surface area contributed by atoms with Gasteiger partial charge in [0.05, 0.1) is 6.54 Å². The van der Waals surface area contributed by atoms with E-state index in [-0.39, 0.29) is 12.5 Å². The number of hydrogen-bond acceptors (Lipinski definition) is 6. The van der Waals surface area contributed by atoms with E-state index in [0.29, 0.717) is 12.1 Å². The third-order valence-corrected chi connectivity index (χ3v) is 4.87. The second-order valence-corrected chi connectivity index (χ2v) is 6.83. The van der Waals surface area contributed by atoms with Gasteiger partial charge >= 0.3 is 6.43 Å². The molecule has 0 bridgehead atoms. The number of halogens is 2. The van der Waals surface area contributed by atoms with Gasteiger partial charge in [-0.1, -0.05) is 30.3 Å². The topological polar surface area (TPSA) is 62.4 Å². The first-order valence-corrected chi connectivity index (χ1v) is 9.39. The lowest BCUT2D eigenvalue weighted by Crippen LogP contribution is -2.15. The highest BCUT2D eigenvalue weighted by molar-refractivity contribution is 8.00. The number of benzene rings is 2. The molecule has 0 unspecified atom stereocenters. The molecule has 0 saturated carbocycles. The molecule has 0 amide bonds. The minimum Gasteiger partial charge on any atom is -0.415 e. The van der Waals surface area contributed by atoms with E-state index < -0.39 is 12.3 Å². The molecule has 1 N–H and O–H groups in total. The van der Waals surface area contributed by atoms with Gasteiger partial charge in [-0.25, -0.2) is 0 Å². The standard InChI is InChI=1S/C19H19F2N3O2S/c20-17(21)19-23-22-18(26-19)15-9-7-14(8-10-15)13-24(27-12-4-11-25)16-5-2-1-3-6-16/h1-3,5-10,17,25H,4,11-13H2. The number of nitrogens with zero attached hydrogens (tertiary/aromatic N) is 3. The van der Waals surface area contributed by atoms with Crippen LogP contribution < -0.4 is 4.31 Å². The van der Waals surface area contributed by atoms with E-state index in [4.69, 9.17) is 9.52 Å². The Balaban J connectivity index is 1.72. The van der Waals surface area contributed by atoms with Crippen molar-refractivity contribution in [3.05, 3.63) is 66.1 Å². The lowest BCUT2D eigenvalue weighted by Gasteiger charge is -2.23. The van der Waals surface area contributed by atoms with Crippen LogP contribution in [0.15, 0.2) is 59.0 Å². The molecule has 0 aliphatic rings. The van der Waals surface area contributed by atoms with Crippen molar-refractivity contribution in [1.29, 1.82) is 0 Å². The highest BCUT2D eigenvalue weighted by Crippen LogP contribution is 2.27. The second kappa shape index (κ2) is 9.48. The lowest BCUT2D eigenvalue weighted by molar-refractivity contribution is 0.116. The van der Waals surface area contributed by atoms with Gasteiger partial charge in [-0.3, -0.25) is 0 Å². The van der Waals surface area contributed by atoms with Crippen LogP contribution in [0, 0.1) is 0 Å².